The Balaban J connectivity index is 2.68. The lowest BCUT2D eigenvalue weighted by Crippen LogP contribution is -2.19. The van der Waals surface area contributed by atoms with Gasteiger partial charge in [-0.15, -0.1) is 11.6 Å². The van der Waals surface area contributed by atoms with Crippen LogP contribution in [0.15, 0.2) is 46.9 Å². The van der Waals surface area contributed by atoms with Gasteiger partial charge < -0.3 is 5.73 Å². The third-order valence-corrected chi connectivity index (χ3v) is 3.77. The van der Waals surface area contributed by atoms with Gasteiger partial charge >= 0.3 is 0 Å². The van der Waals surface area contributed by atoms with Gasteiger partial charge in [0, 0.05) is 5.56 Å². The first-order valence-electron chi connectivity index (χ1n) is 5.49. The molecule has 1 atom stereocenters. The zero-order chi connectivity index (χ0) is 14.0. The Morgan fingerprint density at radius 3 is 2.42 bits per heavy atom. The fraction of sp³-hybridized carbons (Fsp3) is 0.0714. The van der Waals surface area contributed by atoms with E-state index in [9.17, 15) is 9.18 Å². The molecule has 0 saturated heterocycles. The minimum atomic E-state index is -1.22. The molecular formula is C14H10BrClFNO. The van der Waals surface area contributed by atoms with E-state index in [-0.39, 0.29) is 10.0 Å². The molecule has 0 heterocycles. The van der Waals surface area contributed by atoms with Crippen LogP contribution < -0.4 is 5.73 Å². The Morgan fingerprint density at radius 2 is 1.84 bits per heavy atom. The van der Waals surface area contributed by atoms with Crippen LogP contribution in [0.1, 0.15) is 10.9 Å². The summed E-state index contributed by atoms with van der Waals surface area (Å²) in [7, 11) is 0. The summed E-state index contributed by atoms with van der Waals surface area (Å²) in [6, 6.07) is 12.4. The number of carbonyl (C=O) groups excluding carboxylic acids is 1. The molecule has 2 N–H and O–H groups in total. The first-order chi connectivity index (χ1) is 9.02. The Kier molecular flexibility index (Phi) is 4.22. The highest BCUT2D eigenvalue weighted by molar-refractivity contribution is 9.10. The van der Waals surface area contributed by atoms with Crippen LogP contribution in [0.5, 0.6) is 0 Å². The SMILES string of the molecule is NC(=O)C(Cl)c1c(-c2ccccc2)ccc(Br)c1F. The van der Waals surface area contributed by atoms with Gasteiger partial charge in [0.2, 0.25) is 5.91 Å². The summed E-state index contributed by atoms with van der Waals surface area (Å²) in [6.45, 7) is 0. The van der Waals surface area contributed by atoms with E-state index in [1.54, 1.807) is 12.1 Å². The second-order valence-corrected chi connectivity index (χ2v) is 5.24. The van der Waals surface area contributed by atoms with Crippen molar-refractivity contribution >= 4 is 33.4 Å². The smallest absolute Gasteiger partial charge is 0.240 e. The number of nitrogens with two attached hydrogens (primary N) is 1. The molecule has 19 heavy (non-hydrogen) atoms. The lowest BCUT2D eigenvalue weighted by atomic mass is 9.97. The molecule has 2 nitrogen and oxygen atoms in total. The van der Waals surface area contributed by atoms with Crippen molar-refractivity contribution in [3.05, 3.63) is 58.3 Å². The quantitative estimate of drug-likeness (QED) is 0.841. The van der Waals surface area contributed by atoms with E-state index in [1.165, 1.54) is 0 Å². The minimum absolute atomic E-state index is 0.0924. The highest BCUT2D eigenvalue weighted by atomic mass is 79.9. The number of hydrogen-bond donors (Lipinski definition) is 1. The van der Waals surface area contributed by atoms with Gasteiger partial charge in [-0.25, -0.2) is 4.39 Å². The van der Waals surface area contributed by atoms with Gasteiger partial charge in [0.05, 0.1) is 4.47 Å². The molecule has 0 bridgehead atoms. The van der Waals surface area contributed by atoms with Gasteiger partial charge in [-0.05, 0) is 33.1 Å². The Bertz CT molecular complexity index is 618. The lowest BCUT2D eigenvalue weighted by molar-refractivity contribution is -0.117. The molecule has 1 unspecified atom stereocenters. The van der Waals surface area contributed by atoms with Crippen molar-refractivity contribution in [3.8, 4) is 11.1 Å². The van der Waals surface area contributed by atoms with Crippen molar-refractivity contribution in [2.75, 3.05) is 0 Å². The summed E-state index contributed by atoms with van der Waals surface area (Å²) in [5.41, 5.74) is 6.60. The number of rotatable bonds is 3. The van der Waals surface area contributed by atoms with E-state index in [2.05, 4.69) is 15.9 Å². The van der Waals surface area contributed by atoms with E-state index in [1.807, 2.05) is 30.3 Å². The molecule has 0 radical (unpaired) electrons. The number of benzene rings is 2. The first kappa shape index (κ1) is 14.0. The summed E-state index contributed by atoms with van der Waals surface area (Å²) in [5.74, 6) is -1.35. The minimum Gasteiger partial charge on any atom is -0.368 e. The summed E-state index contributed by atoms with van der Waals surface area (Å²) >= 11 is 9.02. The maximum absolute atomic E-state index is 14.2. The van der Waals surface area contributed by atoms with Crippen LogP contribution in [0.4, 0.5) is 4.39 Å². The molecule has 2 aromatic rings. The van der Waals surface area contributed by atoms with Crippen molar-refractivity contribution in [3.63, 3.8) is 0 Å². The third kappa shape index (κ3) is 2.80. The molecule has 0 aliphatic heterocycles. The van der Waals surface area contributed by atoms with E-state index in [0.29, 0.717) is 5.56 Å². The highest BCUT2D eigenvalue weighted by Gasteiger charge is 2.24. The molecular weight excluding hydrogens is 333 g/mol. The molecule has 0 spiro atoms. The van der Waals surface area contributed by atoms with Crippen LogP contribution in [0, 0.1) is 5.82 Å². The lowest BCUT2D eigenvalue weighted by Gasteiger charge is -2.14. The summed E-state index contributed by atoms with van der Waals surface area (Å²) in [4.78, 5) is 11.3. The number of carbonyl (C=O) groups is 1. The fourth-order valence-electron chi connectivity index (χ4n) is 1.83. The summed E-state index contributed by atoms with van der Waals surface area (Å²) in [6.07, 6.45) is 0. The molecule has 2 aromatic carbocycles. The van der Waals surface area contributed by atoms with E-state index >= 15 is 0 Å². The van der Waals surface area contributed by atoms with Gasteiger partial charge in [0.1, 0.15) is 11.2 Å². The number of amides is 1. The average molecular weight is 343 g/mol. The van der Waals surface area contributed by atoms with Crippen molar-refractivity contribution in [2.24, 2.45) is 5.73 Å². The average Bonchev–Trinajstić information content (AvgIpc) is 2.41. The Morgan fingerprint density at radius 1 is 1.21 bits per heavy atom. The normalized spacial score (nSPS) is 12.2. The second kappa shape index (κ2) is 5.72. The van der Waals surface area contributed by atoms with Gasteiger partial charge in [0.25, 0.3) is 0 Å². The molecule has 1 amide bonds. The van der Waals surface area contributed by atoms with Crippen LogP contribution in [-0.4, -0.2) is 5.91 Å². The van der Waals surface area contributed by atoms with Gasteiger partial charge in [0.15, 0.2) is 0 Å². The largest absolute Gasteiger partial charge is 0.368 e. The third-order valence-electron chi connectivity index (χ3n) is 2.72. The first-order valence-corrected chi connectivity index (χ1v) is 6.72. The van der Waals surface area contributed by atoms with Crippen LogP contribution in [0.2, 0.25) is 0 Å². The topological polar surface area (TPSA) is 43.1 Å². The fourth-order valence-corrected chi connectivity index (χ4v) is 2.38. The zero-order valence-corrected chi connectivity index (χ0v) is 12.1. The maximum Gasteiger partial charge on any atom is 0.240 e. The predicted molar refractivity (Wildman–Crippen MR) is 77.3 cm³/mol. The number of halogens is 3. The number of primary amides is 1. The standard InChI is InChI=1S/C14H10BrClFNO/c15-10-7-6-9(8-4-2-1-3-5-8)11(13(10)17)12(16)14(18)19/h1-7,12H,(H2,18,19). The van der Waals surface area contributed by atoms with Crippen molar-refractivity contribution in [1.82, 2.24) is 0 Å². The van der Waals surface area contributed by atoms with Crippen LogP contribution in [-0.2, 0) is 4.79 Å². The van der Waals surface area contributed by atoms with E-state index in [4.69, 9.17) is 17.3 Å². The van der Waals surface area contributed by atoms with E-state index in [0.717, 1.165) is 5.56 Å². The number of hydrogen-bond acceptors (Lipinski definition) is 1. The van der Waals surface area contributed by atoms with Gasteiger partial charge in [-0.3, -0.25) is 4.79 Å². The zero-order valence-electron chi connectivity index (χ0n) is 9.74. The summed E-state index contributed by atoms with van der Waals surface area (Å²) in [5, 5.41) is -1.22. The molecule has 0 saturated carbocycles. The molecule has 0 aromatic heterocycles. The molecule has 98 valence electrons. The molecule has 0 aliphatic carbocycles. The van der Waals surface area contributed by atoms with Crippen molar-refractivity contribution < 1.29 is 9.18 Å². The predicted octanol–water partition coefficient (Wildman–Crippen LogP) is 4.02. The Labute approximate surface area is 123 Å². The molecule has 0 aliphatic rings. The second-order valence-electron chi connectivity index (χ2n) is 3.95. The van der Waals surface area contributed by atoms with Gasteiger partial charge in [-0.2, -0.15) is 0 Å². The highest BCUT2D eigenvalue weighted by Crippen LogP contribution is 2.36. The molecule has 2 rings (SSSR count). The van der Waals surface area contributed by atoms with Crippen molar-refractivity contribution in [2.45, 2.75) is 5.38 Å². The van der Waals surface area contributed by atoms with Crippen LogP contribution >= 0.6 is 27.5 Å². The molecule has 5 heteroatoms. The number of alkyl halides is 1. The monoisotopic (exact) mass is 341 g/mol. The van der Waals surface area contributed by atoms with Crippen LogP contribution in [0.25, 0.3) is 11.1 Å². The van der Waals surface area contributed by atoms with Crippen molar-refractivity contribution in [1.29, 1.82) is 0 Å². The summed E-state index contributed by atoms with van der Waals surface area (Å²) < 4.78 is 14.5. The maximum atomic E-state index is 14.2. The van der Waals surface area contributed by atoms with Crippen LogP contribution in [0.3, 0.4) is 0 Å². The molecule has 0 fully saturated rings. The van der Waals surface area contributed by atoms with Gasteiger partial charge in [-0.1, -0.05) is 36.4 Å². The van der Waals surface area contributed by atoms with E-state index < -0.39 is 17.1 Å². The Hall–Kier alpha value is -1.39.